The van der Waals surface area contributed by atoms with E-state index >= 15 is 0 Å². The lowest BCUT2D eigenvalue weighted by molar-refractivity contribution is 0.565. The van der Waals surface area contributed by atoms with Gasteiger partial charge in [-0.2, -0.15) is 0 Å². The topological polar surface area (TPSA) is 54.9 Å². The molecule has 0 bridgehead atoms. The molecule has 0 amide bonds. The molecule has 0 aliphatic carbocycles. The summed E-state index contributed by atoms with van der Waals surface area (Å²) in [5, 5.41) is 0.965. The van der Waals surface area contributed by atoms with Crippen molar-refractivity contribution in [2.45, 2.75) is 25.8 Å². The number of nitrogens with one attached hydrogen (secondary N) is 1. The molecule has 1 heterocycles. The van der Waals surface area contributed by atoms with Crippen LogP contribution in [-0.4, -0.2) is 14.9 Å². The number of aromatic amines is 1. The summed E-state index contributed by atoms with van der Waals surface area (Å²) in [6.07, 6.45) is 4.32. The van der Waals surface area contributed by atoms with Gasteiger partial charge in [-0.15, -0.1) is 0 Å². The summed E-state index contributed by atoms with van der Waals surface area (Å²) < 4.78 is 1.23. The second-order valence-corrected chi connectivity index (χ2v) is 3.82. The molecule has 0 atom stereocenters. The lowest BCUT2D eigenvalue weighted by Gasteiger charge is -2.02. The van der Waals surface area contributed by atoms with Crippen molar-refractivity contribution in [1.29, 1.82) is 0 Å². The molecular formula is C9H13BrN2O2. The Morgan fingerprint density at radius 3 is 2.71 bits per heavy atom. The zero-order chi connectivity index (χ0) is 10.4. The molecule has 0 aliphatic heterocycles. The molecule has 0 aromatic carbocycles. The van der Waals surface area contributed by atoms with Crippen molar-refractivity contribution in [2.24, 2.45) is 0 Å². The van der Waals surface area contributed by atoms with Gasteiger partial charge in [-0.1, -0.05) is 22.4 Å². The Kier molecular flexibility index (Phi) is 4.65. The van der Waals surface area contributed by atoms with Crippen LogP contribution in [0.3, 0.4) is 0 Å². The first kappa shape index (κ1) is 11.2. The van der Waals surface area contributed by atoms with Crippen LogP contribution in [0.4, 0.5) is 0 Å². The summed E-state index contributed by atoms with van der Waals surface area (Å²) in [5.41, 5.74) is -0.552. The van der Waals surface area contributed by atoms with E-state index in [9.17, 15) is 9.59 Å². The van der Waals surface area contributed by atoms with Gasteiger partial charge in [0.05, 0.1) is 0 Å². The predicted octanol–water partition coefficient (Wildman–Crippen LogP) is 1.10. The Balaban J connectivity index is 2.59. The number of H-pyrrole nitrogens is 1. The second-order valence-electron chi connectivity index (χ2n) is 3.02. The van der Waals surface area contributed by atoms with Gasteiger partial charge in [-0.3, -0.25) is 9.36 Å². The van der Waals surface area contributed by atoms with E-state index < -0.39 is 0 Å². The zero-order valence-corrected chi connectivity index (χ0v) is 9.42. The number of rotatable bonds is 5. The third kappa shape index (κ3) is 3.14. The van der Waals surface area contributed by atoms with Crippen LogP contribution in [0.1, 0.15) is 19.3 Å². The number of alkyl halides is 1. The van der Waals surface area contributed by atoms with Crippen molar-refractivity contribution in [1.82, 2.24) is 9.55 Å². The Labute approximate surface area is 90.1 Å². The first-order valence-corrected chi connectivity index (χ1v) is 5.72. The first-order chi connectivity index (χ1) is 6.75. The maximum absolute atomic E-state index is 11.2. The van der Waals surface area contributed by atoms with Gasteiger partial charge in [-0.25, -0.2) is 4.79 Å². The van der Waals surface area contributed by atoms with Gasteiger partial charge in [-0.05, 0) is 12.8 Å². The van der Waals surface area contributed by atoms with Crippen molar-refractivity contribution in [3.8, 4) is 0 Å². The first-order valence-electron chi connectivity index (χ1n) is 4.60. The van der Waals surface area contributed by atoms with Crippen LogP contribution in [0.25, 0.3) is 0 Å². The molecule has 0 aliphatic rings. The van der Waals surface area contributed by atoms with Crippen molar-refractivity contribution in [2.75, 3.05) is 5.33 Å². The highest BCUT2D eigenvalue weighted by Gasteiger charge is 1.98. The average Bonchev–Trinajstić information content (AvgIpc) is 2.16. The fourth-order valence-electron chi connectivity index (χ4n) is 1.21. The maximum Gasteiger partial charge on any atom is 0.328 e. The SMILES string of the molecule is O=c1cc[nH]c(=O)n1CCCCCBr. The van der Waals surface area contributed by atoms with Crippen LogP contribution < -0.4 is 11.2 Å². The minimum atomic E-state index is -0.323. The molecule has 1 rings (SSSR count). The zero-order valence-electron chi connectivity index (χ0n) is 7.83. The summed E-state index contributed by atoms with van der Waals surface area (Å²) in [6.45, 7) is 0.502. The monoisotopic (exact) mass is 260 g/mol. The van der Waals surface area contributed by atoms with Gasteiger partial charge < -0.3 is 4.98 Å². The molecule has 0 radical (unpaired) electrons. The molecule has 0 saturated carbocycles. The highest BCUT2D eigenvalue weighted by molar-refractivity contribution is 9.09. The predicted molar refractivity (Wildman–Crippen MR) is 59.0 cm³/mol. The molecule has 0 fully saturated rings. The molecule has 5 heteroatoms. The van der Waals surface area contributed by atoms with Gasteiger partial charge in [0.1, 0.15) is 0 Å². The molecule has 4 nitrogen and oxygen atoms in total. The third-order valence-corrected chi connectivity index (χ3v) is 2.52. The van der Waals surface area contributed by atoms with Gasteiger partial charge >= 0.3 is 5.69 Å². The fourth-order valence-corrected chi connectivity index (χ4v) is 1.60. The molecule has 0 saturated heterocycles. The highest BCUT2D eigenvalue weighted by Crippen LogP contribution is 1.98. The summed E-state index contributed by atoms with van der Waals surface area (Å²) in [7, 11) is 0. The van der Waals surface area contributed by atoms with Crippen molar-refractivity contribution < 1.29 is 0 Å². The Bertz CT molecular complexity index is 355. The Morgan fingerprint density at radius 1 is 1.29 bits per heavy atom. The Morgan fingerprint density at radius 2 is 2.07 bits per heavy atom. The van der Waals surface area contributed by atoms with E-state index in [1.54, 1.807) is 0 Å². The summed E-state index contributed by atoms with van der Waals surface area (Å²) in [5.74, 6) is 0. The smallest absolute Gasteiger partial charge is 0.314 e. The summed E-state index contributed by atoms with van der Waals surface area (Å²) >= 11 is 3.33. The number of unbranched alkanes of at least 4 members (excludes halogenated alkanes) is 2. The maximum atomic E-state index is 11.2. The van der Waals surface area contributed by atoms with Crippen LogP contribution in [0.2, 0.25) is 0 Å². The van der Waals surface area contributed by atoms with Crippen LogP contribution >= 0.6 is 15.9 Å². The fraction of sp³-hybridized carbons (Fsp3) is 0.556. The van der Waals surface area contributed by atoms with Gasteiger partial charge in [0, 0.05) is 24.1 Å². The molecular weight excluding hydrogens is 248 g/mol. The Hall–Kier alpha value is -0.840. The number of hydrogen-bond acceptors (Lipinski definition) is 2. The van der Waals surface area contributed by atoms with Crippen LogP contribution in [0, 0.1) is 0 Å². The molecule has 1 aromatic rings. The van der Waals surface area contributed by atoms with Crippen LogP contribution in [-0.2, 0) is 6.54 Å². The van der Waals surface area contributed by atoms with Crippen LogP contribution in [0.5, 0.6) is 0 Å². The van der Waals surface area contributed by atoms with E-state index in [0.29, 0.717) is 6.54 Å². The standard InChI is InChI=1S/C9H13BrN2O2/c10-5-2-1-3-7-12-8(13)4-6-11-9(12)14/h4,6H,1-3,5,7H2,(H,11,14). The van der Waals surface area contributed by atoms with Gasteiger partial charge in [0.2, 0.25) is 0 Å². The molecule has 1 aromatic heterocycles. The normalized spacial score (nSPS) is 10.4. The van der Waals surface area contributed by atoms with E-state index in [4.69, 9.17) is 0 Å². The molecule has 0 spiro atoms. The summed E-state index contributed by atoms with van der Waals surface area (Å²) in [6, 6.07) is 1.37. The molecule has 78 valence electrons. The lowest BCUT2D eigenvalue weighted by atomic mass is 10.2. The molecule has 0 unspecified atom stereocenters. The highest BCUT2D eigenvalue weighted by atomic mass is 79.9. The van der Waals surface area contributed by atoms with Crippen molar-refractivity contribution >= 4 is 15.9 Å². The van der Waals surface area contributed by atoms with E-state index in [1.807, 2.05) is 0 Å². The number of halogens is 1. The minimum Gasteiger partial charge on any atom is -0.314 e. The van der Waals surface area contributed by atoms with Crippen molar-refractivity contribution in [3.63, 3.8) is 0 Å². The molecule has 1 N–H and O–H groups in total. The quantitative estimate of drug-likeness (QED) is 0.637. The number of nitrogens with zero attached hydrogens (tertiary/aromatic N) is 1. The van der Waals surface area contributed by atoms with E-state index in [2.05, 4.69) is 20.9 Å². The van der Waals surface area contributed by atoms with Gasteiger partial charge in [0.15, 0.2) is 0 Å². The van der Waals surface area contributed by atoms with Gasteiger partial charge in [0.25, 0.3) is 5.56 Å². The number of aromatic nitrogens is 2. The largest absolute Gasteiger partial charge is 0.328 e. The molecule has 14 heavy (non-hydrogen) atoms. The van der Waals surface area contributed by atoms with E-state index in [1.165, 1.54) is 16.8 Å². The number of hydrogen-bond donors (Lipinski definition) is 1. The van der Waals surface area contributed by atoms with Crippen molar-refractivity contribution in [3.05, 3.63) is 33.1 Å². The second kappa shape index (κ2) is 5.80. The summed E-state index contributed by atoms with van der Waals surface area (Å²) in [4.78, 5) is 24.9. The van der Waals surface area contributed by atoms with E-state index in [-0.39, 0.29) is 11.2 Å². The van der Waals surface area contributed by atoms with E-state index in [0.717, 1.165) is 24.6 Å². The lowest BCUT2D eigenvalue weighted by Crippen LogP contribution is -2.33. The van der Waals surface area contributed by atoms with Crippen LogP contribution in [0.15, 0.2) is 21.9 Å². The third-order valence-electron chi connectivity index (χ3n) is 1.96. The average molecular weight is 261 g/mol. The minimum absolute atomic E-state index is 0.229.